The number of benzene rings is 1. The van der Waals surface area contributed by atoms with Crippen LogP contribution in [0.1, 0.15) is 62.3 Å². The van der Waals surface area contributed by atoms with Crippen LogP contribution in [0.15, 0.2) is 23.2 Å². The second-order valence-electron chi connectivity index (χ2n) is 13.5. The van der Waals surface area contributed by atoms with Gasteiger partial charge in [0.05, 0.1) is 5.52 Å². The van der Waals surface area contributed by atoms with E-state index in [4.69, 9.17) is 56.8 Å². The van der Waals surface area contributed by atoms with Crippen LogP contribution in [0.3, 0.4) is 0 Å². The molecule has 2 saturated heterocycles. The smallest absolute Gasteiger partial charge is 0.308 e. The van der Waals surface area contributed by atoms with Crippen LogP contribution in [0.5, 0.6) is 11.5 Å². The molecule has 22 nitrogen and oxygen atoms in total. The molecule has 2 aliphatic rings. The third-order valence-electron chi connectivity index (χ3n) is 8.34. The van der Waals surface area contributed by atoms with Gasteiger partial charge in [0.1, 0.15) is 37.0 Å². The first-order valence-corrected chi connectivity index (χ1v) is 19.3. The molecule has 0 radical (unpaired) electrons. The summed E-state index contributed by atoms with van der Waals surface area (Å²) in [7, 11) is 0. The molecule has 1 aromatic heterocycles. The van der Waals surface area contributed by atoms with Gasteiger partial charge in [-0.1, -0.05) is 11.8 Å². The molecule has 0 amide bonds. The fourth-order valence-electron chi connectivity index (χ4n) is 6.36. The van der Waals surface area contributed by atoms with Gasteiger partial charge in [-0.15, -0.1) is 0 Å². The number of fused-ring (bicyclic) bond motifs is 1. The van der Waals surface area contributed by atoms with Crippen LogP contribution >= 0.6 is 11.8 Å². The summed E-state index contributed by atoms with van der Waals surface area (Å²) in [6.07, 6.45) is -13.0. The number of hydrogen-bond acceptors (Lipinski definition) is 22. The van der Waals surface area contributed by atoms with Gasteiger partial charge in [0, 0.05) is 84.9 Å². The Balaban J connectivity index is 1.86. The summed E-state index contributed by atoms with van der Waals surface area (Å²) >= 11 is 0.926. The van der Waals surface area contributed by atoms with Crippen molar-refractivity contribution in [2.24, 2.45) is 0 Å². The highest BCUT2D eigenvalue weighted by atomic mass is 32.2. The number of carbonyl (C=O) groups excluding carboxylic acids is 9. The zero-order valence-corrected chi connectivity index (χ0v) is 35.2. The Morgan fingerprint density at radius 2 is 0.967 bits per heavy atom. The van der Waals surface area contributed by atoms with Crippen LogP contribution in [0, 0.1) is 0 Å². The van der Waals surface area contributed by atoms with Crippen molar-refractivity contribution in [3.63, 3.8) is 0 Å². The van der Waals surface area contributed by atoms with Gasteiger partial charge in [0.25, 0.3) is 0 Å². The van der Waals surface area contributed by atoms with Crippen molar-refractivity contribution >= 4 is 76.4 Å². The molecule has 4 rings (SSSR count). The lowest BCUT2D eigenvalue weighted by Gasteiger charge is -2.48. The fraction of sp³-hybridized carbons (Fsp3) is 0.553. The molecule has 1 N–H and O–H groups in total. The Kier molecular flexibility index (Phi) is 16.6. The van der Waals surface area contributed by atoms with E-state index in [1.54, 1.807) is 0 Å². The number of hydrogen-bond donors (Lipinski definition) is 1. The molecule has 2 fully saturated rings. The lowest BCUT2D eigenvalue weighted by atomic mass is 9.96. The predicted octanol–water partition coefficient (Wildman–Crippen LogP) is 1.73. The Morgan fingerprint density at radius 3 is 1.46 bits per heavy atom. The summed E-state index contributed by atoms with van der Waals surface area (Å²) in [6.45, 7) is 8.49. The van der Waals surface area contributed by atoms with Crippen molar-refractivity contribution in [3.05, 3.63) is 18.3 Å². The zero-order chi connectivity index (χ0) is 45.3. The summed E-state index contributed by atoms with van der Waals surface area (Å²) in [5.74, 6) is -7.68. The number of aromatic nitrogens is 1. The molecule has 0 bridgehead atoms. The maximum atomic E-state index is 12.8. The van der Waals surface area contributed by atoms with Crippen molar-refractivity contribution in [3.8, 4) is 11.5 Å². The van der Waals surface area contributed by atoms with Gasteiger partial charge in [0.2, 0.25) is 0 Å². The number of esters is 9. The van der Waals surface area contributed by atoms with Crippen molar-refractivity contribution in [1.82, 2.24) is 4.98 Å². The number of nitrogens with one attached hydrogen (secondary N) is 1. The number of aromatic amines is 1. The van der Waals surface area contributed by atoms with E-state index >= 15 is 0 Å². The Morgan fingerprint density at radius 1 is 0.525 bits per heavy atom. The van der Waals surface area contributed by atoms with E-state index in [-0.39, 0.29) is 11.5 Å². The maximum Gasteiger partial charge on any atom is 0.308 e. The lowest BCUT2D eigenvalue weighted by molar-refractivity contribution is -0.341. The molecule has 0 spiro atoms. The van der Waals surface area contributed by atoms with E-state index in [0.717, 1.165) is 74.1 Å². The molecule has 0 saturated carbocycles. The number of ether oxygens (including phenoxy) is 12. The highest BCUT2D eigenvalue weighted by Crippen LogP contribution is 2.43. The Bertz CT molecular complexity index is 2010. The van der Waals surface area contributed by atoms with Crippen molar-refractivity contribution in [2.45, 2.75) is 128 Å². The molecule has 0 aliphatic carbocycles. The van der Waals surface area contributed by atoms with E-state index in [2.05, 4.69) is 4.98 Å². The van der Waals surface area contributed by atoms with Crippen LogP contribution in [-0.4, -0.2) is 132 Å². The molecule has 0 unspecified atom stereocenters. The fourth-order valence-corrected chi connectivity index (χ4v) is 7.58. The Hall–Kier alpha value is -5.78. The number of H-pyrrole nitrogens is 1. The summed E-state index contributed by atoms with van der Waals surface area (Å²) in [5.41, 5.74) is -0.916. The second-order valence-corrected chi connectivity index (χ2v) is 14.6. The van der Waals surface area contributed by atoms with Gasteiger partial charge >= 0.3 is 53.7 Å². The van der Waals surface area contributed by atoms with Crippen molar-refractivity contribution < 1.29 is 100.0 Å². The zero-order valence-electron chi connectivity index (χ0n) is 34.4. The van der Waals surface area contributed by atoms with Crippen LogP contribution in [0.2, 0.25) is 0 Å². The molecular formula is C38H45NO21S. The monoisotopic (exact) mass is 883 g/mol. The molecule has 2 aromatic rings. The van der Waals surface area contributed by atoms with Crippen LogP contribution < -0.4 is 9.47 Å². The Labute approximate surface area is 351 Å². The van der Waals surface area contributed by atoms with Crippen molar-refractivity contribution in [2.75, 3.05) is 13.2 Å². The van der Waals surface area contributed by atoms with Gasteiger partial charge in [-0.25, -0.2) is 0 Å². The molecule has 3 heterocycles. The molecule has 23 heteroatoms. The third kappa shape index (κ3) is 13.4. The minimum absolute atomic E-state index is 0.0705. The number of rotatable bonds is 15. The standard InChI is InChI=1S/C38H45NO21S/c1-15(40)49-13-28-31(53-19(5)44)33(54-20(6)45)35(56-22(8)47)37(58-28)60-32-29(14-50-16(2)41)59-38(36(57-23(9)48)34(32)55-21(7)46)61-30-12-39-25-11-27(52-18(4)43)26(10-24(25)30)51-17(3)42/h10-12,28-29,31-39H,13-14H2,1-9H3/t28-,29-,31+,32-,33+,34+,35-,36-,37+,38+/m1/s1. The number of thioether (sulfide) groups is 1. The molecule has 2 aliphatic heterocycles. The first-order chi connectivity index (χ1) is 28.6. The van der Waals surface area contributed by atoms with E-state index < -0.39 is 127 Å². The average Bonchev–Trinajstić information content (AvgIpc) is 3.50. The summed E-state index contributed by atoms with van der Waals surface area (Å²) < 4.78 is 67.9. The van der Waals surface area contributed by atoms with E-state index in [9.17, 15) is 43.2 Å². The van der Waals surface area contributed by atoms with Gasteiger partial charge < -0.3 is 61.8 Å². The molecule has 334 valence electrons. The van der Waals surface area contributed by atoms with Crippen LogP contribution in [0.4, 0.5) is 0 Å². The summed E-state index contributed by atoms with van der Waals surface area (Å²) in [4.78, 5) is 114. The molecule has 10 atom stereocenters. The lowest BCUT2D eigenvalue weighted by Crippen LogP contribution is -2.66. The van der Waals surface area contributed by atoms with E-state index in [0.29, 0.717) is 15.8 Å². The average molecular weight is 884 g/mol. The van der Waals surface area contributed by atoms with Crippen LogP contribution in [0.25, 0.3) is 10.9 Å². The normalized spacial score (nSPS) is 25.9. The highest BCUT2D eigenvalue weighted by Gasteiger charge is 2.57. The van der Waals surface area contributed by atoms with Gasteiger partial charge in [-0.05, 0) is 6.07 Å². The van der Waals surface area contributed by atoms with Crippen molar-refractivity contribution in [1.29, 1.82) is 0 Å². The predicted molar refractivity (Wildman–Crippen MR) is 200 cm³/mol. The highest BCUT2D eigenvalue weighted by molar-refractivity contribution is 8.00. The first kappa shape index (κ1) is 47.9. The first-order valence-electron chi connectivity index (χ1n) is 18.4. The molecular weight excluding hydrogens is 838 g/mol. The van der Waals surface area contributed by atoms with Gasteiger partial charge in [-0.2, -0.15) is 0 Å². The van der Waals surface area contributed by atoms with Gasteiger partial charge in [-0.3, -0.25) is 43.2 Å². The van der Waals surface area contributed by atoms with Crippen LogP contribution in [-0.2, 0) is 90.5 Å². The summed E-state index contributed by atoms with van der Waals surface area (Å²) in [5, 5.41) is 0.402. The number of carbonyl (C=O) groups is 9. The SMILES string of the molecule is CC(=O)OC[C@H]1O[C@@H](O[C@H]2[C@H](OC(C)=O)[C@@H](OC(C)=O)[C@H](Sc3c[nH]c4cc(OC(C)=O)c(OC(C)=O)cc34)O[C@@H]2COC(C)=O)[C@H](OC(C)=O)[C@@H](OC(C)=O)[C@H]1OC(C)=O. The third-order valence-corrected chi connectivity index (χ3v) is 9.55. The van der Waals surface area contributed by atoms with E-state index in [1.807, 2.05) is 0 Å². The minimum atomic E-state index is -1.85. The summed E-state index contributed by atoms with van der Waals surface area (Å²) in [6, 6.07) is 2.82. The minimum Gasteiger partial charge on any atom is -0.463 e. The topological polar surface area (TPSA) is 280 Å². The largest absolute Gasteiger partial charge is 0.463 e. The molecule has 1 aromatic carbocycles. The second kappa shape index (κ2) is 21.1. The maximum absolute atomic E-state index is 12.8. The molecule has 61 heavy (non-hydrogen) atoms. The quantitative estimate of drug-likeness (QED) is 0.151. The van der Waals surface area contributed by atoms with E-state index in [1.165, 1.54) is 18.3 Å². The van der Waals surface area contributed by atoms with Gasteiger partial charge in [0.15, 0.2) is 48.3 Å².